The van der Waals surface area contributed by atoms with Crippen molar-refractivity contribution in [3.05, 3.63) is 60.7 Å². The van der Waals surface area contributed by atoms with Crippen molar-refractivity contribution in [3.63, 3.8) is 0 Å². The quantitative estimate of drug-likeness (QED) is 0.776. The normalized spacial score (nSPS) is 10.4. The lowest BCUT2D eigenvalue weighted by molar-refractivity contribution is 0.580. The summed E-state index contributed by atoms with van der Waals surface area (Å²) in [6.07, 6.45) is 3.22. The van der Waals surface area contributed by atoms with Gasteiger partial charge in [-0.25, -0.2) is 14.4 Å². The number of furan rings is 1. The summed E-state index contributed by atoms with van der Waals surface area (Å²) in [5.74, 6) is 0.820. The van der Waals surface area contributed by atoms with Crippen LogP contribution in [0, 0.1) is 5.82 Å². The Morgan fingerprint density at radius 2 is 1.89 bits per heavy atom. The Kier molecular flexibility index (Phi) is 2.94. The molecule has 4 nitrogen and oxygen atoms in total. The van der Waals surface area contributed by atoms with E-state index in [-0.39, 0.29) is 5.82 Å². The number of benzene rings is 1. The van der Waals surface area contributed by atoms with Crippen molar-refractivity contribution >= 4 is 11.6 Å². The molecule has 1 aromatic carbocycles. The summed E-state index contributed by atoms with van der Waals surface area (Å²) in [5, 5.41) is 3.00. The highest BCUT2D eigenvalue weighted by Gasteiger charge is 2.04. The molecule has 3 rings (SSSR count). The van der Waals surface area contributed by atoms with Crippen molar-refractivity contribution in [2.24, 2.45) is 0 Å². The summed E-state index contributed by atoms with van der Waals surface area (Å²) in [6.45, 7) is 0. The molecule has 0 fully saturated rings. The lowest BCUT2D eigenvalue weighted by Gasteiger charge is -2.05. The minimum absolute atomic E-state index is 0.282. The van der Waals surface area contributed by atoms with Gasteiger partial charge in [0, 0.05) is 11.9 Å². The van der Waals surface area contributed by atoms with E-state index in [0.717, 1.165) is 5.69 Å². The predicted molar refractivity (Wildman–Crippen MR) is 69.4 cm³/mol. The van der Waals surface area contributed by atoms with Crippen molar-refractivity contribution in [2.45, 2.75) is 0 Å². The van der Waals surface area contributed by atoms with Crippen molar-refractivity contribution in [3.8, 4) is 11.5 Å². The molecule has 2 heterocycles. The zero-order valence-corrected chi connectivity index (χ0v) is 9.88. The molecule has 3 aromatic rings. The summed E-state index contributed by atoms with van der Waals surface area (Å²) in [5.41, 5.74) is 1.41. The molecule has 0 saturated heterocycles. The summed E-state index contributed by atoms with van der Waals surface area (Å²) in [6, 6.07) is 11.4. The Bertz CT molecular complexity index is 665. The van der Waals surface area contributed by atoms with Crippen molar-refractivity contribution in [2.75, 3.05) is 5.32 Å². The highest BCUT2D eigenvalue weighted by molar-refractivity contribution is 5.57. The zero-order chi connectivity index (χ0) is 13.1. The van der Waals surface area contributed by atoms with Gasteiger partial charge in [0.2, 0.25) is 5.95 Å². The van der Waals surface area contributed by atoms with Gasteiger partial charge in [0.15, 0.2) is 5.76 Å². The van der Waals surface area contributed by atoms with Gasteiger partial charge in [-0.15, -0.1) is 0 Å². The van der Waals surface area contributed by atoms with Crippen LogP contribution in [0.4, 0.5) is 16.0 Å². The summed E-state index contributed by atoms with van der Waals surface area (Å²) in [7, 11) is 0. The number of hydrogen-bond acceptors (Lipinski definition) is 4. The van der Waals surface area contributed by atoms with Gasteiger partial charge < -0.3 is 9.73 Å². The van der Waals surface area contributed by atoms with Gasteiger partial charge in [-0.05, 0) is 42.5 Å². The number of nitrogens with zero attached hydrogens (tertiary/aromatic N) is 2. The molecule has 0 unspecified atom stereocenters. The molecule has 0 radical (unpaired) electrons. The minimum atomic E-state index is -0.282. The first-order chi connectivity index (χ1) is 9.31. The molecular formula is C14H10FN3O. The van der Waals surface area contributed by atoms with E-state index in [2.05, 4.69) is 15.3 Å². The fourth-order valence-electron chi connectivity index (χ4n) is 1.64. The molecule has 1 N–H and O–H groups in total. The van der Waals surface area contributed by atoms with E-state index >= 15 is 0 Å². The molecule has 0 aliphatic heterocycles. The summed E-state index contributed by atoms with van der Waals surface area (Å²) >= 11 is 0. The van der Waals surface area contributed by atoms with E-state index < -0.39 is 0 Å². The highest BCUT2D eigenvalue weighted by Crippen LogP contribution is 2.19. The van der Waals surface area contributed by atoms with Crippen LogP contribution >= 0.6 is 0 Å². The standard InChI is InChI=1S/C14H10FN3O/c15-10-3-5-11(6-4-10)17-14-16-8-7-12(18-14)13-2-1-9-19-13/h1-9H,(H,16,17,18). The number of halogens is 1. The third-order valence-corrected chi connectivity index (χ3v) is 2.53. The first-order valence-electron chi connectivity index (χ1n) is 5.71. The van der Waals surface area contributed by atoms with Crippen LogP contribution in [-0.4, -0.2) is 9.97 Å². The van der Waals surface area contributed by atoms with E-state index in [1.54, 1.807) is 36.7 Å². The first-order valence-corrected chi connectivity index (χ1v) is 5.71. The zero-order valence-electron chi connectivity index (χ0n) is 9.88. The highest BCUT2D eigenvalue weighted by atomic mass is 19.1. The largest absolute Gasteiger partial charge is 0.463 e. The van der Waals surface area contributed by atoms with Crippen molar-refractivity contribution < 1.29 is 8.81 Å². The number of nitrogens with one attached hydrogen (secondary N) is 1. The van der Waals surface area contributed by atoms with Crippen LogP contribution in [0.1, 0.15) is 0 Å². The number of hydrogen-bond donors (Lipinski definition) is 1. The monoisotopic (exact) mass is 255 g/mol. The van der Waals surface area contributed by atoms with E-state index in [1.165, 1.54) is 12.1 Å². The average molecular weight is 255 g/mol. The Hall–Kier alpha value is -2.69. The van der Waals surface area contributed by atoms with Gasteiger partial charge in [-0.1, -0.05) is 0 Å². The fraction of sp³-hybridized carbons (Fsp3) is 0. The van der Waals surface area contributed by atoms with E-state index in [4.69, 9.17) is 4.42 Å². The maximum absolute atomic E-state index is 12.8. The summed E-state index contributed by atoms with van der Waals surface area (Å²) < 4.78 is 18.1. The molecule has 0 saturated carbocycles. The van der Waals surface area contributed by atoms with Gasteiger partial charge in [0.1, 0.15) is 11.5 Å². The molecule has 0 aliphatic rings. The molecule has 5 heteroatoms. The number of aromatic nitrogens is 2. The molecule has 0 spiro atoms. The van der Waals surface area contributed by atoms with Crippen LogP contribution in [-0.2, 0) is 0 Å². The molecule has 94 valence electrons. The maximum Gasteiger partial charge on any atom is 0.227 e. The Balaban J connectivity index is 1.85. The van der Waals surface area contributed by atoms with Crippen LogP contribution in [0.5, 0.6) is 0 Å². The third-order valence-electron chi connectivity index (χ3n) is 2.53. The van der Waals surface area contributed by atoms with Crippen molar-refractivity contribution in [1.29, 1.82) is 0 Å². The van der Waals surface area contributed by atoms with Gasteiger partial charge in [-0.3, -0.25) is 0 Å². The van der Waals surface area contributed by atoms with Gasteiger partial charge >= 0.3 is 0 Å². The Morgan fingerprint density at radius 1 is 1.05 bits per heavy atom. The average Bonchev–Trinajstić information content (AvgIpc) is 2.96. The van der Waals surface area contributed by atoms with Crippen LogP contribution in [0.15, 0.2) is 59.3 Å². The molecule has 0 amide bonds. The Labute approximate surface area is 108 Å². The van der Waals surface area contributed by atoms with E-state index in [0.29, 0.717) is 17.4 Å². The van der Waals surface area contributed by atoms with Gasteiger partial charge in [-0.2, -0.15) is 0 Å². The lowest BCUT2D eigenvalue weighted by atomic mass is 10.3. The smallest absolute Gasteiger partial charge is 0.227 e. The third kappa shape index (κ3) is 2.60. The second kappa shape index (κ2) is 4.89. The molecular weight excluding hydrogens is 245 g/mol. The van der Waals surface area contributed by atoms with Gasteiger partial charge in [0.05, 0.1) is 6.26 Å². The SMILES string of the molecule is Fc1ccc(Nc2nccc(-c3ccco3)n2)cc1. The topological polar surface area (TPSA) is 51.0 Å². The van der Waals surface area contributed by atoms with E-state index in [1.807, 2.05) is 6.07 Å². The van der Waals surface area contributed by atoms with Crippen LogP contribution in [0.25, 0.3) is 11.5 Å². The lowest BCUT2D eigenvalue weighted by Crippen LogP contribution is -1.97. The van der Waals surface area contributed by atoms with E-state index in [9.17, 15) is 4.39 Å². The molecule has 0 aliphatic carbocycles. The second-order valence-electron chi connectivity index (χ2n) is 3.87. The number of rotatable bonds is 3. The second-order valence-corrected chi connectivity index (χ2v) is 3.87. The van der Waals surface area contributed by atoms with Gasteiger partial charge in [0.25, 0.3) is 0 Å². The molecule has 0 bridgehead atoms. The predicted octanol–water partition coefficient (Wildman–Crippen LogP) is 3.62. The maximum atomic E-state index is 12.8. The van der Waals surface area contributed by atoms with Crippen LogP contribution in [0.3, 0.4) is 0 Å². The Morgan fingerprint density at radius 3 is 2.63 bits per heavy atom. The summed E-state index contributed by atoms with van der Waals surface area (Å²) in [4.78, 5) is 8.43. The first kappa shape index (κ1) is 11.4. The minimum Gasteiger partial charge on any atom is -0.463 e. The molecule has 2 aromatic heterocycles. The molecule has 0 atom stereocenters. The molecule has 19 heavy (non-hydrogen) atoms. The number of anilines is 2. The fourth-order valence-corrected chi connectivity index (χ4v) is 1.64. The van der Waals surface area contributed by atoms with Crippen molar-refractivity contribution in [1.82, 2.24) is 9.97 Å². The van der Waals surface area contributed by atoms with Crippen LogP contribution in [0.2, 0.25) is 0 Å². The van der Waals surface area contributed by atoms with Crippen LogP contribution < -0.4 is 5.32 Å².